The van der Waals surface area contributed by atoms with Crippen molar-refractivity contribution in [2.75, 3.05) is 5.32 Å². The summed E-state index contributed by atoms with van der Waals surface area (Å²) >= 11 is 0. The van der Waals surface area contributed by atoms with Crippen molar-refractivity contribution in [3.05, 3.63) is 48.0 Å². The molecule has 0 saturated heterocycles. The first-order chi connectivity index (χ1) is 11.6. The summed E-state index contributed by atoms with van der Waals surface area (Å²) in [6, 6.07) is 13.0. The SMILES string of the molecule is NC(=O)c1ccc(-c2ccc3c(NC(=O)C4CC4)n[nH]c3c2)cc1. The molecule has 2 aromatic carbocycles. The van der Waals surface area contributed by atoms with Crippen LogP contribution in [0.1, 0.15) is 23.2 Å². The van der Waals surface area contributed by atoms with Crippen LogP contribution in [0.3, 0.4) is 0 Å². The van der Waals surface area contributed by atoms with Crippen LogP contribution in [-0.4, -0.2) is 22.0 Å². The Morgan fingerprint density at radius 2 is 1.79 bits per heavy atom. The number of aromatic amines is 1. The summed E-state index contributed by atoms with van der Waals surface area (Å²) in [4.78, 5) is 23.0. The molecule has 1 heterocycles. The average molecular weight is 320 g/mol. The molecule has 6 nitrogen and oxygen atoms in total. The molecule has 0 radical (unpaired) electrons. The zero-order valence-corrected chi connectivity index (χ0v) is 12.9. The predicted octanol–water partition coefficient (Wildman–Crippen LogP) is 2.68. The number of anilines is 1. The lowest BCUT2D eigenvalue weighted by molar-refractivity contribution is -0.117. The molecule has 0 unspecified atom stereocenters. The number of nitrogens with zero attached hydrogens (tertiary/aromatic N) is 1. The minimum atomic E-state index is -0.443. The molecule has 0 spiro atoms. The number of carbonyl (C=O) groups is 2. The van der Waals surface area contributed by atoms with E-state index in [0.717, 1.165) is 34.9 Å². The number of nitrogens with one attached hydrogen (secondary N) is 2. The van der Waals surface area contributed by atoms with Crippen LogP contribution in [0.25, 0.3) is 22.0 Å². The topological polar surface area (TPSA) is 101 Å². The number of amides is 2. The molecule has 1 aliphatic carbocycles. The first kappa shape index (κ1) is 14.4. The van der Waals surface area contributed by atoms with E-state index in [1.54, 1.807) is 12.1 Å². The maximum absolute atomic E-state index is 11.9. The van der Waals surface area contributed by atoms with Gasteiger partial charge in [0.05, 0.1) is 5.52 Å². The molecule has 0 aliphatic heterocycles. The maximum atomic E-state index is 11.9. The molecular formula is C18H16N4O2. The van der Waals surface area contributed by atoms with Gasteiger partial charge in [0.25, 0.3) is 0 Å². The molecule has 0 bridgehead atoms. The fraction of sp³-hybridized carbons (Fsp3) is 0.167. The minimum Gasteiger partial charge on any atom is -0.366 e. The van der Waals surface area contributed by atoms with Gasteiger partial charge in [-0.3, -0.25) is 14.7 Å². The van der Waals surface area contributed by atoms with E-state index in [4.69, 9.17) is 5.73 Å². The van der Waals surface area contributed by atoms with Gasteiger partial charge in [-0.1, -0.05) is 18.2 Å². The summed E-state index contributed by atoms with van der Waals surface area (Å²) in [5.74, 6) is 0.299. The van der Waals surface area contributed by atoms with E-state index in [2.05, 4.69) is 15.5 Å². The van der Waals surface area contributed by atoms with Crippen molar-refractivity contribution < 1.29 is 9.59 Å². The highest BCUT2D eigenvalue weighted by atomic mass is 16.2. The Labute approximate surface area is 138 Å². The van der Waals surface area contributed by atoms with Gasteiger partial charge in [-0.15, -0.1) is 0 Å². The number of fused-ring (bicyclic) bond motifs is 1. The highest BCUT2D eigenvalue weighted by Crippen LogP contribution is 2.32. The van der Waals surface area contributed by atoms with Crippen molar-refractivity contribution in [3.63, 3.8) is 0 Å². The van der Waals surface area contributed by atoms with Crippen molar-refractivity contribution >= 4 is 28.5 Å². The molecule has 24 heavy (non-hydrogen) atoms. The zero-order valence-electron chi connectivity index (χ0n) is 12.9. The Hall–Kier alpha value is -3.15. The number of hydrogen-bond donors (Lipinski definition) is 3. The molecule has 0 atom stereocenters. The molecule has 2 amide bonds. The zero-order chi connectivity index (χ0) is 16.7. The lowest BCUT2D eigenvalue weighted by Gasteiger charge is -2.04. The van der Waals surface area contributed by atoms with Crippen LogP contribution in [0.4, 0.5) is 5.82 Å². The number of rotatable bonds is 4. The number of H-pyrrole nitrogens is 1. The Morgan fingerprint density at radius 3 is 2.46 bits per heavy atom. The number of hydrogen-bond acceptors (Lipinski definition) is 3. The van der Waals surface area contributed by atoms with Crippen molar-refractivity contribution in [1.82, 2.24) is 10.2 Å². The van der Waals surface area contributed by atoms with Crippen molar-refractivity contribution in [3.8, 4) is 11.1 Å². The largest absolute Gasteiger partial charge is 0.366 e. The van der Waals surface area contributed by atoms with Gasteiger partial charge >= 0.3 is 0 Å². The molecule has 1 fully saturated rings. The second-order valence-corrected chi connectivity index (χ2v) is 6.04. The standard InChI is InChI=1S/C18H16N4O2/c19-16(23)11-3-1-10(2-4-11)13-7-8-14-15(9-13)21-22-17(14)20-18(24)12-5-6-12/h1-4,7-9,12H,5-6H2,(H2,19,23)(H2,20,21,22,24). The second kappa shape index (κ2) is 5.49. The quantitative estimate of drug-likeness (QED) is 0.689. The third-order valence-corrected chi connectivity index (χ3v) is 4.26. The number of nitrogens with two attached hydrogens (primary N) is 1. The van der Waals surface area contributed by atoms with E-state index in [9.17, 15) is 9.59 Å². The van der Waals surface area contributed by atoms with E-state index in [1.807, 2.05) is 30.3 Å². The molecular weight excluding hydrogens is 304 g/mol. The van der Waals surface area contributed by atoms with Crippen LogP contribution in [0.2, 0.25) is 0 Å². The summed E-state index contributed by atoms with van der Waals surface area (Å²) in [6.07, 6.45) is 1.92. The van der Waals surface area contributed by atoms with Gasteiger partial charge in [-0.25, -0.2) is 0 Å². The fourth-order valence-electron chi connectivity index (χ4n) is 2.69. The summed E-state index contributed by atoms with van der Waals surface area (Å²) in [7, 11) is 0. The summed E-state index contributed by atoms with van der Waals surface area (Å²) in [5, 5.41) is 10.9. The third-order valence-electron chi connectivity index (χ3n) is 4.26. The van der Waals surface area contributed by atoms with Crippen LogP contribution < -0.4 is 11.1 Å². The molecule has 6 heteroatoms. The predicted molar refractivity (Wildman–Crippen MR) is 91.4 cm³/mol. The molecule has 120 valence electrons. The molecule has 3 aromatic rings. The van der Waals surface area contributed by atoms with E-state index in [0.29, 0.717) is 11.4 Å². The lowest BCUT2D eigenvalue weighted by Crippen LogP contribution is -2.13. The molecule has 1 saturated carbocycles. The Bertz CT molecular complexity index is 939. The molecule has 1 aliphatic rings. The average Bonchev–Trinajstić information content (AvgIpc) is 3.37. The Morgan fingerprint density at radius 1 is 1.08 bits per heavy atom. The third kappa shape index (κ3) is 2.62. The van der Waals surface area contributed by atoms with Gasteiger partial charge in [0.1, 0.15) is 0 Å². The first-order valence-electron chi connectivity index (χ1n) is 7.81. The monoisotopic (exact) mass is 320 g/mol. The van der Waals surface area contributed by atoms with Crippen LogP contribution in [0.5, 0.6) is 0 Å². The van der Waals surface area contributed by atoms with Crippen LogP contribution in [0.15, 0.2) is 42.5 Å². The number of aromatic nitrogens is 2. The summed E-state index contributed by atoms with van der Waals surface area (Å²) < 4.78 is 0. The highest BCUT2D eigenvalue weighted by molar-refractivity contribution is 6.02. The van der Waals surface area contributed by atoms with Gasteiger partial charge in [0.15, 0.2) is 5.82 Å². The van der Waals surface area contributed by atoms with Gasteiger partial charge in [0.2, 0.25) is 11.8 Å². The van der Waals surface area contributed by atoms with E-state index in [-0.39, 0.29) is 11.8 Å². The minimum absolute atomic E-state index is 0.0366. The molecule has 1 aromatic heterocycles. The van der Waals surface area contributed by atoms with E-state index < -0.39 is 5.91 Å². The van der Waals surface area contributed by atoms with Gasteiger partial charge in [-0.05, 0) is 48.2 Å². The Balaban J connectivity index is 1.63. The van der Waals surface area contributed by atoms with Crippen molar-refractivity contribution in [1.29, 1.82) is 0 Å². The lowest BCUT2D eigenvalue weighted by atomic mass is 10.0. The van der Waals surface area contributed by atoms with E-state index >= 15 is 0 Å². The van der Waals surface area contributed by atoms with Crippen molar-refractivity contribution in [2.45, 2.75) is 12.8 Å². The van der Waals surface area contributed by atoms with Crippen LogP contribution in [0, 0.1) is 5.92 Å². The van der Waals surface area contributed by atoms with Gasteiger partial charge in [-0.2, -0.15) is 5.10 Å². The highest BCUT2D eigenvalue weighted by Gasteiger charge is 2.30. The maximum Gasteiger partial charge on any atom is 0.248 e. The number of carbonyl (C=O) groups excluding carboxylic acids is 2. The molecule has 4 N–H and O–H groups in total. The van der Waals surface area contributed by atoms with Gasteiger partial charge in [0, 0.05) is 16.9 Å². The fourth-order valence-corrected chi connectivity index (χ4v) is 2.69. The molecule has 4 rings (SSSR count). The number of benzene rings is 2. The number of primary amides is 1. The van der Waals surface area contributed by atoms with Crippen molar-refractivity contribution in [2.24, 2.45) is 11.7 Å². The van der Waals surface area contributed by atoms with E-state index in [1.165, 1.54) is 0 Å². The van der Waals surface area contributed by atoms with Gasteiger partial charge < -0.3 is 11.1 Å². The summed E-state index contributed by atoms with van der Waals surface area (Å²) in [5.41, 5.74) is 8.54. The second-order valence-electron chi connectivity index (χ2n) is 6.04. The smallest absolute Gasteiger partial charge is 0.248 e. The normalized spacial score (nSPS) is 13.8. The van der Waals surface area contributed by atoms with Crippen LogP contribution in [-0.2, 0) is 4.79 Å². The Kier molecular flexibility index (Phi) is 3.30. The summed E-state index contributed by atoms with van der Waals surface area (Å²) in [6.45, 7) is 0. The first-order valence-corrected chi connectivity index (χ1v) is 7.81. The van der Waals surface area contributed by atoms with Crippen LogP contribution >= 0.6 is 0 Å².